The zero-order valence-electron chi connectivity index (χ0n) is 9.83. The second-order valence-electron chi connectivity index (χ2n) is 3.66. The van der Waals surface area contributed by atoms with Crippen LogP contribution in [0.4, 0.5) is 0 Å². The molecule has 0 fully saturated rings. The van der Waals surface area contributed by atoms with Gasteiger partial charge in [0.2, 0.25) is 0 Å². The zero-order valence-corrected chi connectivity index (χ0v) is 10.7. The summed E-state index contributed by atoms with van der Waals surface area (Å²) < 4.78 is 10.3. The van der Waals surface area contributed by atoms with Gasteiger partial charge in [0.15, 0.2) is 8.46 Å². The van der Waals surface area contributed by atoms with Crippen molar-refractivity contribution < 1.29 is 19.7 Å². The monoisotopic (exact) mass is 250 g/mol. The lowest BCUT2D eigenvalue weighted by Crippen LogP contribution is -2.46. The molecular formula is C9H19N2O4P. The lowest BCUT2D eigenvalue weighted by Gasteiger charge is -2.27. The van der Waals surface area contributed by atoms with E-state index < -0.39 is 17.8 Å². The summed E-state index contributed by atoms with van der Waals surface area (Å²) in [5.41, 5.74) is 0. The van der Waals surface area contributed by atoms with Crippen LogP contribution in [0.25, 0.3) is 0 Å². The van der Waals surface area contributed by atoms with E-state index in [9.17, 15) is 14.6 Å². The number of amides is 1. The Kier molecular flexibility index (Phi) is 7.42. The molecule has 0 saturated heterocycles. The van der Waals surface area contributed by atoms with Crippen LogP contribution in [0.2, 0.25) is 0 Å². The van der Waals surface area contributed by atoms with Crippen molar-refractivity contribution in [2.75, 3.05) is 20.1 Å². The van der Waals surface area contributed by atoms with Crippen LogP contribution in [-0.2, 0) is 9.36 Å². The Morgan fingerprint density at radius 1 is 1.50 bits per heavy atom. The maximum Gasteiger partial charge on any atom is 0.262 e. The van der Waals surface area contributed by atoms with Crippen molar-refractivity contribution in [2.24, 2.45) is 0 Å². The minimum absolute atomic E-state index is 0.109. The van der Waals surface area contributed by atoms with E-state index >= 15 is 0 Å². The summed E-state index contributed by atoms with van der Waals surface area (Å²) in [7, 11) is 1.25. The van der Waals surface area contributed by atoms with Crippen molar-refractivity contribution in [1.82, 2.24) is 9.96 Å². The van der Waals surface area contributed by atoms with Gasteiger partial charge in [-0.25, -0.2) is 5.06 Å². The minimum atomic E-state index is -1.02. The molecule has 0 aromatic heterocycles. The third kappa shape index (κ3) is 4.99. The fourth-order valence-electron chi connectivity index (χ4n) is 1.18. The van der Waals surface area contributed by atoms with E-state index in [2.05, 4.69) is 0 Å². The fourth-order valence-corrected chi connectivity index (χ4v) is 1.50. The van der Waals surface area contributed by atoms with Gasteiger partial charge in [0.25, 0.3) is 5.91 Å². The highest BCUT2D eigenvalue weighted by Gasteiger charge is 2.23. The first kappa shape index (κ1) is 15.4. The quantitative estimate of drug-likeness (QED) is 0.391. The van der Waals surface area contributed by atoms with Crippen molar-refractivity contribution >= 4 is 14.4 Å². The highest BCUT2D eigenvalue weighted by molar-refractivity contribution is 7.24. The number of aliphatic hydroxyl groups is 1. The van der Waals surface area contributed by atoms with E-state index in [4.69, 9.17) is 5.11 Å². The minimum Gasteiger partial charge on any atom is -0.380 e. The molecule has 0 radical (unpaired) electrons. The van der Waals surface area contributed by atoms with Crippen molar-refractivity contribution in [3.63, 3.8) is 0 Å². The second kappa shape index (κ2) is 7.68. The van der Waals surface area contributed by atoms with Crippen LogP contribution in [0.15, 0.2) is 0 Å². The smallest absolute Gasteiger partial charge is 0.262 e. The molecule has 0 aliphatic heterocycles. The Hall–Kier alpha value is -0.550. The molecule has 0 aromatic carbocycles. The number of rotatable bonds is 7. The first-order chi connectivity index (χ1) is 7.43. The molecule has 0 rings (SSSR count). The normalized spacial score (nSPS) is 15.1. The summed E-state index contributed by atoms with van der Waals surface area (Å²) >= 11 is 0. The Morgan fingerprint density at radius 2 is 2.06 bits per heavy atom. The van der Waals surface area contributed by atoms with E-state index in [1.807, 2.05) is 6.92 Å². The molecule has 0 saturated carbocycles. The second-order valence-corrected chi connectivity index (χ2v) is 4.47. The highest BCUT2D eigenvalue weighted by Crippen LogP contribution is 2.07. The number of carbonyl (C=O) groups excluding carboxylic acids is 1. The first-order valence-corrected chi connectivity index (χ1v) is 6.03. The first-order valence-electron chi connectivity index (χ1n) is 5.15. The van der Waals surface area contributed by atoms with Crippen LogP contribution >= 0.6 is 8.46 Å². The third-order valence-corrected chi connectivity index (χ3v) is 2.69. The number of aliphatic hydroxyl groups excluding tert-OH is 1. The highest BCUT2D eigenvalue weighted by atomic mass is 31.1. The van der Waals surface area contributed by atoms with Crippen molar-refractivity contribution in [3.8, 4) is 0 Å². The molecule has 0 heterocycles. The molecule has 16 heavy (non-hydrogen) atoms. The molecular weight excluding hydrogens is 231 g/mol. The summed E-state index contributed by atoms with van der Waals surface area (Å²) in [6.45, 7) is 3.86. The SMILES string of the molecule is CCCN(O)C(=O)C(C)N(C)CC(O)P=O. The van der Waals surface area contributed by atoms with Crippen LogP contribution in [0.5, 0.6) is 0 Å². The lowest BCUT2D eigenvalue weighted by molar-refractivity contribution is -0.170. The summed E-state index contributed by atoms with van der Waals surface area (Å²) in [5.74, 6) is -1.45. The predicted octanol–water partition coefficient (Wildman–Crippen LogP) is 0.545. The molecule has 2 unspecified atom stereocenters. The molecule has 2 N–H and O–H groups in total. The van der Waals surface area contributed by atoms with Gasteiger partial charge >= 0.3 is 0 Å². The van der Waals surface area contributed by atoms with E-state index in [-0.39, 0.29) is 21.5 Å². The molecule has 2 atom stereocenters. The molecule has 0 aromatic rings. The van der Waals surface area contributed by atoms with Gasteiger partial charge in [0.1, 0.15) is 5.85 Å². The zero-order chi connectivity index (χ0) is 12.7. The number of hydroxylamine groups is 2. The summed E-state index contributed by atoms with van der Waals surface area (Å²) in [6, 6.07) is -0.562. The molecule has 7 heteroatoms. The van der Waals surface area contributed by atoms with Crippen molar-refractivity contribution in [1.29, 1.82) is 0 Å². The summed E-state index contributed by atoms with van der Waals surface area (Å²) in [4.78, 5) is 13.2. The van der Waals surface area contributed by atoms with Gasteiger partial charge in [0.05, 0.1) is 6.04 Å². The molecule has 94 valence electrons. The van der Waals surface area contributed by atoms with Crippen LogP contribution in [0.1, 0.15) is 20.3 Å². The van der Waals surface area contributed by atoms with E-state index in [0.717, 1.165) is 0 Å². The number of nitrogens with zero attached hydrogens (tertiary/aromatic N) is 2. The standard InChI is InChI=1S/C9H19N2O4P/c1-4-5-11(14)9(13)7(2)10(3)6-8(12)16-15/h7-8,12,14H,4-6H2,1-3H3. The molecule has 0 bridgehead atoms. The van der Waals surface area contributed by atoms with Gasteiger partial charge in [-0.15, -0.1) is 0 Å². The molecule has 0 aliphatic rings. The third-order valence-electron chi connectivity index (χ3n) is 2.28. The lowest BCUT2D eigenvalue weighted by atomic mass is 10.2. The van der Waals surface area contributed by atoms with E-state index in [0.29, 0.717) is 11.5 Å². The number of likely N-dealkylation sites (N-methyl/N-ethyl adjacent to an activating group) is 1. The van der Waals surface area contributed by atoms with Crippen LogP contribution in [0.3, 0.4) is 0 Å². The van der Waals surface area contributed by atoms with Gasteiger partial charge < -0.3 is 5.11 Å². The Morgan fingerprint density at radius 3 is 2.50 bits per heavy atom. The van der Waals surface area contributed by atoms with E-state index in [1.54, 1.807) is 14.0 Å². The van der Waals surface area contributed by atoms with Gasteiger partial charge in [-0.1, -0.05) is 6.92 Å². The maximum atomic E-state index is 11.6. The van der Waals surface area contributed by atoms with Crippen LogP contribution < -0.4 is 0 Å². The topological polar surface area (TPSA) is 81.1 Å². The molecule has 1 amide bonds. The number of hydrogen-bond donors (Lipinski definition) is 2. The van der Waals surface area contributed by atoms with Gasteiger partial charge in [0, 0.05) is 13.1 Å². The van der Waals surface area contributed by atoms with Crippen LogP contribution in [-0.4, -0.2) is 58.2 Å². The average molecular weight is 250 g/mol. The van der Waals surface area contributed by atoms with Gasteiger partial charge in [-0.05, 0) is 20.4 Å². The Bertz CT molecular complexity index is 240. The van der Waals surface area contributed by atoms with Crippen molar-refractivity contribution in [3.05, 3.63) is 0 Å². The average Bonchev–Trinajstić information content (AvgIpc) is 2.26. The number of carbonyl (C=O) groups is 1. The molecule has 0 aliphatic carbocycles. The maximum absolute atomic E-state index is 11.6. The summed E-state index contributed by atoms with van der Waals surface area (Å²) in [6.07, 6.45) is 0.667. The number of hydrogen-bond acceptors (Lipinski definition) is 5. The van der Waals surface area contributed by atoms with Crippen molar-refractivity contribution in [2.45, 2.75) is 32.2 Å². The van der Waals surface area contributed by atoms with Crippen LogP contribution in [0, 0.1) is 0 Å². The molecule has 6 nitrogen and oxygen atoms in total. The predicted molar refractivity (Wildman–Crippen MR) is 59.5 cm³/mol. The molecule has 0 spiro atoms. The van der Waals surface area contributed by atoms with Gasteiger partial charge in [-0.2, -0.15) is 0 Å². The Labute approximate surface area is 97.0 Å². The van der Waals surface area contributed by atoms with E-state index in [1.165, 1.54) is 4.90 Å². The van der Waals surface area contributed by atoms with Gasteiger partial charge in [-0.3, -0.25) is 19.5 Å². The summed E-state index contributed by atoms with van der Waals surface area (Å²) in [5, 5.41) is 19.2. The fraction of sp³-hybridized carbons (Fsp3) is 0.889. The Balaban J connectivity index is 4.25. The largest absolute Gasteiger partial charge is 0.380 e.